The quantitative estimate of drug-likeness (QED) is 0.797. The lowest BCUT2D eigenvalue weighted by molar-refractivity contribution is -0.131. The molecule has 3 amide bonds. The zero-order valence-electron chi connectivity index (χ0n) is 14.7. The summed E-state index contributed by atoms with van der Waals surface area (Å²) in [6.07, 6.45) is 1.49. The molecule has 0 aromatic carbocycles. The smallest absolute Gasteiger partial charge is 0.410 e. The summed E-state index contributed by atoms with van der Waals surface area (Å²) in [7, 11) is 0. The van der Waals surface area contributed by atoms with Crippen molar-refractivity contribution in [1.29, 1.82) is 0 Å². The second-order valence-electron chi connectivity index (χ2n) is 7.11. The number of likely N-dealkylation sites (tertiary alicyclic amines) is 1. The van der Waals surface area contributed by atoms with Crippen molar-refractivity contribution in [2.24, 2.45) is 11.7 Å². The number of nitrogens with one attached hydrogen (secondary N) is 1. The number of hydrogen-bond acceptors (Lipinski definition) is 4. The molecule has 23 heavy (non-hydrogen) atoms. The molecule has 0 bridgehead atoms. The Morgan fingerprint density at radius 2 is 1.96 bits per heavy atom. The van der Waals surface area contributed by atoms with Crippen molar-refractivity contribution >= 4 is 17.9 Å². The molecule has 0 unspecified atom stereocenters. The van der Waals surface area contributed by atoms with Gasteiger partial charge in [0.05, 0.1) is 0 Å². The molecule has 7 nitrogen and oxygen atoms in total. The third kappa shape index (κ3) is 5.41. The zero-order chi connectivity index (χ0) is 17.8. The van der Waals surface area contributed by atoms with E-state index in [4.69, 9.17) is 10.5 Å². The number of primary amides is 1. The summed E-state index contributed by atoms with van der Waals surface area (Å²) in [5.41, 5.74) is 4.76. The number of ether oxygens (including phenoxy) is 1. The maximum absolute atomic E-state index is 12.5. The Hall–Kier alpha value is -1.79. The Balaban J connectivity index is 2.77. The standard InChI is InChI=1S/C16H29N3O4/c1-6-10(2)12(13(17)20)18-14(21)11-8-7-9-19(11)15(22)23-16(3,4)5/h10-12H,6-9H2,1-5H3,(H2,17,20)(H,18,21)/t10-,11+,12+/m0/s1. The Morgan fingerprint density at radius 1 is 1.35 bits per heavy atom. The molecule has 0 aromatic rings. The molecule has 132 valence electrons. The van der Waals surface area contributed by atoms with E-state index in [-0.39, 0.29) is 11.8 Å². The van der Waals surface area contributed by atoms with Crippen molar-refractivity contribution in [1.82, 2.24) is 10.2 Å². The van der Waals surface area contributed by atoms with Gasteiger partial charge < -0.3 is 15.8 Å². The molecule has 0 aliphatic carbocycles. The predicted molar refractivity (Wildman–Crippen MR) is 86.5 cm³/mol. The fourth-order valence-electron chi connectivity index (χ4n) is 2.56. The van der Waals surface area contributed by atoms with E-state index in [0.29, 0.717) is 19.4 Å². The maximum Gasteiger partial charge on any atom is 0.410 e. The van der Waals surface area contributed by atoms with Crippen LogP contribution in [-0.2, 0) is 14.3 Å². The van der Waals surface area contributed by atoms with E-state index in [1.807, 2.05) is 13.8 Å². The average molecular weight is 327 g/mol. The van der Waals surface area contributed by atoms with Crippen LogP contribution in [-0.4, -0.2) is 47.0 Å². The van der Waals surface area contributed by atoms with Gasteiger partial charge in [-0.15, -0.1) is 0 Å². The van der Waals surface area contributed by atoms with Gasteiger partial charge in [0.25, 0.3) is 0 Å². The number of carbonyl (C=O) groups is 3. The van der Waals surface area contributed by atoms with Crippen molar-refractivity contribution in [2.45, 2.75) is 71.6 Å². The van der Waals surface area contributed by atoms with Gasteiger partial charge in [0.1, 0.15) is 17.7 Å². The summed E-state index contributed by atoms with van der Waals surface area (Å²) in [4.78, 5) is 37.7. The topological polar surface area (TPSA) is 102 Å². The van der Waals surface area contributed by atoms with Crippen molar-refractivity contribution in [3.8, 4) is 0 Å². The summed E-state index contributed by atoms with van der Waals surface area (Å²) >= 11 is 0. The number of rotatable bonds is 5. The molecule has 3 atom stereocenters. The SMILES string of the molecule is CC[C@H](C)[C@@H](NC(=O)[C@H]1CCCN1C(=O)OC(C)(C)C)C(N)=O. The number of amides is 3. The van der Waals surface area contributed by atoms with Crippen molar-refractivity contribution in [3.63, 3.8) is 0 Å². The Morgan fingerprint density at radius 3 is 2.43 bits per heavy atom. The molecule has 0 saturated carbocycles. The van der Waals surface area contributed by atoms with Gasteiger partial charge in [-0.1, -0.05) is 20.3 Å². The van der Waals surface area contributed by atoms with E-state index in [0.717, 1.165) is 6.42 Å². The van der Waals surface area contributed by atoms with Crippen LogP contribution in [0, 0.1) is 5.92 Å². The van der Waals surface area contributed by atoms with Gasteiger partial charge in [-0.25, -0.2) is 4.79 Å². The number of nitrogens with zero attached hydrogens (tertiary/aromatic N) is 1. The minimum absolute atomic E-state index is 0.0622. The molecule has 1 aliphatic rings. The van der Waals surface area contributed by atoms with Crippen LogP contribution in [0.2, 0.25) is 0 Å². The van der Waals surface area contributed by atoms with Gasteiger partial charge in [-0.2, -0.15) is 0 Å². The van der Waals surface area contributed by atoms with E-state index in [9.17, 15) is 14.4 Å². The average Bonchev–Trinajstić information content (AvgIpc) is 2.91. The number of hydrogen-bond donors (Lipinski definition) is 2. The molecule has 0 spiro atoms. The Bertz CT molecular complexity index is 459. The highest BCUT2D eigenvalue weighted by Crippen LogP contribution is 2.21. The number of nitrogens with two attached hydrogens (primary N) is 1. The van der Waals surface area contributed by atoms with Crippen molar-refractivity contribution in [2.75, 3.05) is 6.54 Å². The van der Waals surface area contributed by atoms with Gasteiger partial charge in [0, 0.05) is 6.54 Å². The minimum atomic E-state index is -0.728. The van der Waals surface area contributed by atoms with E-state index in [2.05, 4.69) is 5.32 Å². The molecular formula is C16H29N3O4. The highest BCUT2D eigenvalue weighted by Gasteiger charge is 2.38. The normalized spacial score (nSPS) is 20.7. The zero-order valence-corrected chi connectivity index (χ0v) is 14.7. The first-order valence-corrected chi connectivity index (χ1v) is 8.16. The molecule has 1 saturated heterocycles. The van der Waals surface area contributed by atoms with Crippen LogP contribution in [0.1, 0.15) is 53.9 Å². The highest BCUT2D eigenvalue weighted by atomic mass is 16.6. The molecule has 3 N–H and O–H groups in total. The monoisotopic (exact) mass is 327 g/mol. The Kier molecular flexibility index (Phi) is 6.41. The van der Waals surface area contributed by atoms with Gasteiger partial charge in [0.2, 0.25) is 11.8 Å². The lowest BCUT2D eigenvalue weighted by atomic mass is 9.98. The lowest BCUT2D eigenvalue weighted by Crippen LogP contribution is -2.54. The second-order valence-corrected chi connectivity index (χ2v) is 7.11. The minimum Gasteiger partial charge on any atom is -0.444 e. The first-order valence-electron chi connectivity index (χ1n) is 8.16. The molecule has 1 fully saturated rings. The largest absolute Gasteiger partial charge is 0.444 e. The van der Waals surface area contributed by atoms with Crippen molar-refractivity contribution in [3.05, 3.63) is 0 Å². The molecule has 1 rings (SSSR count). The molecule has 1 aliphatic heterocycles. The third-order valence-corrected chi connectivity index (χ3v) is 4.00. The maximum atomic E-state index is 12.5. The van der Waals surface area contributed by atoms with E-state index < -0.39 is 29.7 Å². The first kappa shape index (κ1) is 19.3. The summed E-state index contributed by atoms with van der Waals surface area (Å²) in [6.45, 7) is 9.59. The third-order valence-electron chi connectivity index (χ3n) is 4.00. The van der Waals surface area contributed by atoms with Gasteiger partial charge >= 0.3 is 6.09 Å². The summed E-state index contributed by atoms with van der Waals surface area (Å²) in [6, 6.07) is -1.34. The van der Waals surface area contributed by atoms with Crippen LogP contribution >= 0.6 is 0 Å². The van der Waals surface area contributed by atoms with Gasteiger partial charge in [-0.3, -0.25) is 14.5 Å². The lowest BCUT2D eigenvalue weighted by Gasteiger charge is -2.29. The van der Waals surface area contributed by atoms with Crippen LogP contribution in [0.25, 0.3) is 0 Å². The first-order chi connectivity index (χ1) is 10.6. The van der Waals surface area contributed by atoms with Crippen molar-refractivity contribution < 1.29 is 19.1 Å². The molecule has 0 radical (unpaired) electrons. The molecular weight excluding hydrogens is 298 g/mol. The van der Waals surface area contributed by atoms with Crippen LogP contribution in [0.5, 0.6) is 0 Å². The number of carbonyl (C=O) groups excluding carboxylic acids is 3. The highest BCUT2D eigenvalue weighted by molar-refractivity contribution is 5.91. The molecule has 1 heterocycles. The molecule has 0 aromatic heterocycles. The van der Waals surface area contributed by atoms with Gasteiger partial charge in [-0.05, 0) is 39.5 Å². The van der Waals surface area contributed by atoms with Crippen LogP contribution in [0.4, 0.5) is 4.79 Å². The summed E-state index contributed by atoms with van der Waals surface area (Å²) < 4.78 is 5.34. The van der Waals surface area contributed by atoms with Crippen LogP contribution < -0.4 is 11.1 Å². The van der Waals surface area contributed by atoms with E-state index in [1.165, 1.54) is 4.90 Å². The predicted octanol–water partition coefficient (Wildman–Crippen LogP) is 1.40. The molecule has 7 heteroatoms. The fourth-order valence-corrected chi connectivity index (χ4v) is 2.56. The Labute approximate surface area is 137 Å². The second kappa shape index (κ2) is 7.66. The summed E-state index contributed by atoms with van der Waals surface area (Å²) in [5.74, 6) is -0.972. The summed E-state index contributed by atoms with van der Waals surface area (Å²) in [5, 5.41) is 2.69. The van der Waals surface area contributed by atoms with E-state index in [1.54, 1.807) is 20.8 Å². The fraction of sp³-hybridized carbons (Fsp3) is 0.812. The van der Waals surface area contributed by atoms with E-state index >= 15 is 0 Å². The van der Waals surface area contributed by atoms with Crippen LogP contribution in [0.15, 0.2) is 0 Å². The van der Waals surface area contributed by atoms with Crippen LogP contribution in [0.3, 0.4) is 0 Å². The van der Waals surface area contributed by atoms with Gasteiger partial charge in [0.15, 0.2) is 0 Å².